The highest BCUT2D eigenvalue weighted by Crippen LogP contribution is 2.29. The highest BCUT2D eigenvalue weighted by Gasteiger charge is 2.31. The van der Waals surface area contributed by atoms with Crippen LogP contribution in [0, 0.1) is 19.8 Å². The molecule has 4 N–H and O–H groups in total. The van der Waals surface area contributed by atoms with Crippen molar-refractivity contribution in [3.05, 3.63) is 70.3 Å². The molecule has 0 bridgehead atoms. The number of carbonyl (C=O) groups is 2. The second-order valence-electron chi connectivity index (χ2n) is 9.19. The molecule has 9 heteroatoms. The molecule has 0 aliphatic heterocycles. The minimum atomic E-state index is -4.57. The highest BCUT2D eigenvalue weighted by molar-refractivity contribution is 5.96. The third kappa shape index (κ3) is 9.33. The lowest BCUT2D eigenvalue weighted by molar-refractivity contribution is -0.137. The summed E-state index contributed by atoms with van der Waals surface area (Å²) in [6.07, 6.45) is -4.92. The SMILES string of the molecule is Cc1ccc(CNC[C@H](NC(=O)CNC(=O)c2cccc(C(F)(F)F)c2)[C@@H](O)CC(C)C)c(C)c1. The third-order valence-corrected chi connectivity index (χ3v) is 5.56. The summed E-state index contributed by atoms with van der Waals surface area (Å²) in [7, 11) is 0. The predicted molar refractivity (Wildman–Crippen MR) is 129 cm³/mol. The second-order valence-corrected chi connectivity index (χ2v) is 9.19. The van der Waals surface area contributed by atoms with Crippen LogP contribution in [0.5, 0.6) is 0 Å². The van der Waals surface area contributed by atoms with E-state index in [1.54, 1.807) is 0 Å². The first-order valence-electron chi connectivity index (χ1n) is 11.6. The molecule has 2 aromatic rings. The van der Waals surface area contributed by atoms with Gasteiger partial charge in [-0.05, 0) is 55.5 Å². The van der Waals surface area contributed by atoms with E-state index in [4.69, 9.17) is 0 Å². The molecule has 0 fully saturated rings. The Bertz CT molecular complexity index is 1010. The van der Waals surface area contributed by atoms with Gasteiger partial charge in [0.05, 0.1) is 24.3 Å². The minimum absolute atomic E-state index is 0.195. The fraction of sp³-hybridized carbons (Fsp3) is 0.462. The van der Waals surface area contributed by atoms with E-state index in [1.165, 1.54) is 6.07 Å². The Balaban J connectivity index is 1.95. The topological polar surface area (TPSA) is 90.5 Å². The van der Waals surface area contributed by atoms with Gasteiger partial charge >= 0.3 is 6.18 Å². The molecule has 0 unspecified atom stereocenters. The number of alkyl halides is 3. The zero-order valence-corrected chi connectivity index (χ0v) is 20.5. The van der Waals surface area contributed by atoms with Gasteiger partial charge in [-0.1, -0.05) is 43.7 Å². The predicted octanol–water partition coefficient (Wildman–Crippen LogP) is 3.73. The average Bonchev–Trinajstić information content (AvgIpc) is 2.77. The summed E-state index contributed by atoms with van der Waals surface area (Å²) < 4.78 is 38.6. The molecule has 0 heterocycles. The summed E-state index contributed by atoms with van der Waals surface area (Å²) in [4.78, 5) is 24.7. The number of benzene rings is 2. The molecular formula is C26H34F3N3O3. The van der Waals surface area contributed by atoms with Crippen molar-refractivity contribution in [3.63, 3.8) is 0 Å². The van der Waals surface area contributed by atoms with E-state index in [1.807, 2.05) is 39.8 Å². The van der Waals surface area contributed by atoms with Crippen LogP contribution in [-0.4, -0.2) is 42.2 Å². The number of hydrogen-bond donors (Lipinski definition) is 4. The molecule has 0 spiro atoms. The van der Waals surface area contributed by atoms with Crippen molar-refractivity contribution in [2.24, 2.45) is 5.92 Å². The lowest BCUT2D eigenvalue weighted by Gasteiger charge is -2.26. The average molecular weight is 494 g/mol. The molecule has 2 amide bonds. The smallest absolute Gasteiger partial charge is 0.391 e. The number of aliphatic hydroxyl groups is 1. The molecule has 0 saturated heterocycles. The van der Waals surface area contributed by atoms with Crippen LogP contribution in [0.3, 0.4) is 0 Å². The summed E-state index contributed by atoms with van der Waals surface area (Å²) in [5.74, 6) is -1.14. The molecule has 0 saturated carbocycles. The molecule has 35 heavy (non-hydrogen) atoms. The van der Waals surface area contributed by atoms with E-state index in [2.05, 4.69) is 22.0 Å². The van der Waals surface area contributed by atoms with Crippen LogP contribution in [0.2, 0.25) is 0 Å². The maximum Gasteiger partial charge on any atom is 0.416 e. The number of aliphatic hydroxyl groups excluding tert-OH is 1. The maximum absolute atomic E-state index is 12.9. The molecule has 6 nitrogen and oxygen atoms in total. The van der Waals surface area contributed by atoms with Crippen LogP contribution in [0.4, 0.5) is 13.2 Å². The Morgan fingerprint density at radius 3 is 2.40 bits per heavy atom. The van der Waals surface area contributed by atoms with E-state index in [-0.39, 0.29) is 11.5 Å². The quantitative estimate of drug-likeness (QED) is 0.384. The lowest BCUT2D eigenvalue weighted by Crippen LogP contribution is -2.52. The number of hydrogen-bond acceptors (Lipinski definition) is 4. The largest absolute Gasteiger partial charge is 0.416 e. The van der Waals surface area contributed by atoms with Gasteiger partial charge in [-0.25, -0.2) is 0 Å². The summed E-state index contributed by atoms with van der Waals surface area (Å²) in [5, 5.41) is 19.0. The normalized spacial score (nSPS) is 13.4. The molecule has 192 valence electrons. The maximum atomic E-state index is 12.9. The van der Waals surface area contributed by atoms with Gasteiger partial charge < -0.3 is 21.1 Å². The molecule has 0 aliphatic rings. The van der Waals surface area contributed by atoms with Gasteiger partial charge in [0.15, 0.2) is 0 Å². The third-order valence-electron chi connectivity index (χ3n) is 5.56. The van der Waals surface area contributed by atoms with E-state index < -0.39 is 42.2 Å². The minimum Gasteiger partial charge on any atom is -0.391 e. The molecule has 0 aromatic heterocycles. The standard InChI is InChI=1S/C26H34F3N3O3/c1-16(2)10-23(33)22(14-30-13-20-9-8-17(3)11-18(20)4)32-24(34)15-31-25(35)19-6-5-7-21(12-19)26(27,28)29/h5-9,11-12,16,22-23,30,33H,10,13-15H2,1-4H3,(H,31,35)(H,32,34)/t22-,23-/m0/s1. The van der Waals surface area contributed by atoms with Gasteiger partial charge in [-0.3, -0.25) is 9.59 Å². The Hall–Kier alpha value is -2.91. The first-order chi connectivity index (χ1) is 16.4. The number of rotatable bonds is 11. The van der Waals surface area contributed by atoms with Crippen LogP contribution in [0.1, 0.15) is 52.9 Å². The van der Waals surface area contributed by atoms with Crippen molar-refractivity contribution >= 4 is 11.8 Å². The van der Waals surface area contributed by atoms with E-state index in [0.717, 1.165) is 34.9 Å². The van der Waals surface area contributed by atoms with Crippen LogP contribution in [0.25, 0.3) is 0 Å². The fourth-order valence-corrected chi connectivity index (χ4v) is 3.69. The van der Waals surface area contributed by atoms with Crippen molar-refractivity contribution in [3.8, 4) is 0 Å². The van der Waals surface area contributed by atoms with Gasteiger partial charge in [0.25, 0.3) is 5.91 Å². The molecule has 2 aromatic carbocycles. The zero-order chi connectivity index (χ0) is 26.2. The first kappa shape index (κ1) is 28.3. The summed E-state index contributed by atoms with van der Waals surface area (Å²) in [5.41, 5.74) is 2.27. The Morgan fingerprint density at radius 2 is 1.77 bits per heavy atom. The monoisotopic (exact) mass is 493 g/mol. The molecule has 0 radical (unpaired) electrons. The van der Waals surface area contributed by atoms with Gasteiger partial charge in [-0.15, -0.1) is 0 Å². The van der Waals surface area contributed by atoms with Gasteiger partial charge in [0.1, 0.15) is 0 Å². The Kier molecular flexibility index (Phi) is 10.3. The summed E-state index contributed by atoms with van der Waals surface area (Å²) >= 11 is 0. The lowest BCUT2D eigenvalue weighted by atomic mass is 9.99. The van der Waals surface area contributed by atoms with Crippen molar-refractivity contribution in [2.75, 3.05) is 13.1 Å². The van der Waals surface area contributed by atoms with Crippen molar-refractivity contribution in [2.45, 2.75) is 59.0 Å². The van der Waals surface area contributed by atoms with Crippen LogP contribution in [-0.2, 0) is 17.5 Å². The van der Waals surface area contributed by atoms with Crippen LogP contribution < -0.4 is 16.0 Å². The van der Waals surface area contributed by atoms with Gasteiger partial charge in [0, 0.05) is 18.7 Å². The number of amides is 2. The van der Waals surface area contributed by atoms with Crippen molar-refractivity contribution in [1.29, 1.82) is 0 Å². The number of carbonyl (C=O) groups excluding carboxylic acids is 2. The number of aryl methyl sites for hydroxylation is 2. The first-order valence-corrected chi connectivity index (χ1v) is 11.6. The van der Waals surface area contributed by atoms with Crippen molar-refractivity contribution in [1.82, 2.24) is 16.0 Å². The van der Waals surface area contributed by atoms with Gasteiger partial charge in [-0.2, -0.15) is 13.2 Å². The highest BCUT2D eigenvalue weighted by atomic mass is 19.4. The number of halogens is 3. The molecular weight excluding hydrogens is 459 g/mol. The van der Waals surface area contributed by atoms with Crippen LogP contribution in [0.15, 0.2) is 42.5 Å². The van der Waals surface area contributed by atoms with Crippen molar-refractivity contribution < 1.29 is 27.9 Å². The fourth-order valence-electron chi connectivity index (χ4n) is 3.69. The summed E-state index contributed by atoms with van der Waals surface area (Å²) in [6, 6.07) is 9.50. The zero-order valence-electron chi connectivity index (χ0n) is 20.5. The van der Waals surface area contributed by atoms with Gasteiger partial charge in [0.2, 0.25) is 5.91 Å². The van der Waals surface area contributed by atoms with E-state index >= 15 is 0 Å². The second kappa shape index (κ2) is 12.7. The molecule has 2 rings (SSSR count). The Labute approximate surface area is 204 Å². The summed E-state index contributed by atoms with van der Waals surface area (Å²) in [6.45, 7) is 8.37. The molecule has 2 atom stereocenters. The van der Waals surface area contributed by atoms with E-state index in [9.17, 15) is 27.9 Å². The van der Waals surface area contributed by atoms with Crippen LogP contribution >= 0.6 is 0 Å². The number of nitrogens with one attached hydrogen (secondary N) is 3. The Morgan fingerprint density at radius 1 is 1.06 bits per heavy atom. The molecule has 0 aliphatic carbocycles. The van der Waals surface area contributed by atoms with E-state index in [0.29, 0.717) is 19.5 Å².